The molecule has 0 saturated carbocycles. The normalized spacial score (nSPS) is 11.4. The van der Waals surface area contributed by atoms with Gasteiger partial charge in [0.1, 0.15) is 5.82 Å². The van der Waals surface area contributed by atoms with Crippen LogP contribution in [0, 0.1) is 0 Å². The fourth-order valence-electron chi connectivity index (χ4n) is 2.58. The Morgan fingerprint density at radius 1 is 1.13 bits per heavy atom. The average molecular weight is 417 g/mol. The summed E-state index contributed by atoms with van der Waals surface area (Å²) in [5.41, 5.74) is 0.518. The molecule has 158 valence electrons. The molecule has 0 fully saturated rings. The summed E-state index contributed by atoms with van der Waals surface area (Å²) in [4.78, 5) is 21.2. The SMILES string of the molecule is COc1ccc(C(=O)Nc2cc(C(C)(C)C)nn2-c2ncccn2)cc1OC(F)F. The number of nitrogens with one attached hydrogen (secondary N) is 1. The minimum atomic E-state index is -3.05. The number of hydrogen-bond donors (Lipinski definition) is 1. The van der Waals surface area contributed by atoms with Crippen LogP contribution in [0.3, 0.4) is 0 Å². The lowest BCUT2D eigenvalue weighted by Crippen LogP contribution is -2.16. The van der Waals surface area contributed by atoms with Crippen LogP contribution < -0.4 is 14.8 Å². The fourth-order valence-corrected chi connectivity index (χ4v) is 2.58. The number of methoxy groups -OCH3 is 1. The molecule has 1 amide bonds. The lowest BCUT2D eigenvalue weighted by molar-refractivity contribution is -0.0512. The van der Waals surface area contributed by atoms with Gasteiger partial charge in [0.05, 0.1) is 12.8 Å². The van der Waals surface area contributed by atoms with Crippen LogP contribution in [0.5, 0.6) is 11.5 Å². The highest BCUT2D eigenvalue weighted by Gasteiger charge is 2.23. The van der Waals surface area contributed by atoms with Gasteiger partial charge in [-0.3, -0.25) is 4.79 Å². The predicted octanol–water partition coefficient (Wildman–Crippen LogP) is 3.82. The summed E-state index contributed by atoms with van der Waals surface area (Å²) in [5.74, 6) is -0.0858. The van der Waals surface area contributed by atoms with Crippen molar-refractivity contribution in [1.82, 2.24) is 19.7 Å². The molecule has 0 saturated heterocycles. The summed E-state index contributed by atoms with van der Waals surface area (Å²) < 4.78 is 36.2. The van der Waals surface area contributed by atoms with Crippen molar-refractivity contribution in [2.75, 3.05) is 12.4 Å². The summed E-state index contributed by atoms with van der Waals surface area (Å²) in [5, 5.41) is 7.25. The Labute approximate surface area is 171 Å². The largest absolute Gasteiger partial charge is 0.493 e. The number of hydrogen-bond acceptors (Lipinski definition) is 6. The number of benzene rings is 1. The first-order valence-electron chi connectivity index (χ1n) is 9.01. The molecule has 0 radical (unpaired) electrons. The molecule has 30 heavy (non-hydrogen) atoms. The lowest BCUT2D eigenvalue weighted by Gasteiger charge is -2.13. The van der Waals surface area contributed by atoms with Gasteiger partial charge in [-0.15, -0.1) is 0 Å². The van der Waals surface area contributed by atoms with Gasteiger partial charge in [0, 0.05) is 29.4 Å². The highest BCUT2D eigenvalue weighted by atomic mass is 19.3. The van der Waals surface area contributed by atoms with E-state index < -0.39 is 12.5 Å². The van der Waals surface area contributed by atoms with Crippen LogP contribution in [0.1, 0.15) is 36.8 Å². The zero-order valence-corrected chi connectivity index (χ0v) is 16.9. The van der Waals surface area contributed by atoms with Gasteiger partial charge in [-0.1, -0.05) is 20.8 Å². The Kier molecular flexibility index (Phi) is 5.95. The van der Waals surface area contributed by atoms with Crippen molar-refractivity contribution >= 4 is 11.7 Å². The van der Waals surface area contributed by atoms with Crippen molar-refractivity contribution in [1.29, 1.82) is 0 Å². The van der Waals surface area contributed by atoms with E-state index in [0.29, 0.717) is 11.5 Å². The van der Waals surface area contributed by atoms with Crippen LogP contribution in [0.4, 0.5) is 14.6 Å². The summed E-state index contributed by atoms with van der Waals surface area (Å²) in [6.07, 6.45) is 3.12. The maximum atomic E-state index is 12.8. The van der Waals surface area contributed by atoms with Crippen LogP contribution in [-0.4, -0.2) is 39.4 Å². The number of carbonyl (C=O) groups excluding carboxylic acids is 1. The Bertz CT molecular complexity index is 1030. The first-order chi connectivity index (χ1) is 14.2. The number of anilines is 1. The van der Waals surface area contributed by atoms with Gasteiger partial charge in [-0.2, -0.15) is 18.6 Å². The second-order valence-electron chi connectivity index (χ2n) is 7.32. The Balaban J connectivity index is 1.96. The van der Waals surface area contributed by atoms with Gasteiger partial charge in [0.15, 0.2) is 11.5 Å². The second-order valence-corrected chi connectivity index (χ2v) is 7.32. The molecule has 0 aliphatic heterocycles. The van der Waals surface area contributed by atoms with Crippen molar-refractivity contribution in [3.05, 3.63) is 54.0 Å². The molecule has 1 aromatic carbocycles. The molecule has 2 heterocycles. The molecule has 0 aliphatic rings. The van der Waals surface area contributed by atoms with E-state index >= 15 is 0 Å². The van der Waals surface area contributed by atoms with Crippen LogP contribution in [0.15, 0.2) is 42.7 Å². The average Bonchev–Trinajstić information content (AvgIpc) is 3.12. The van der Waals surface area contributed by atoms with Crippen LogP contribution >= 0.6 is 0 Å². The van der Waals surface area contributed by atoms with E-state index in [9.17, 15) is 13.6 Å². The molecule has 0 aliphatic carbocycles. The first kappa shape index (κ1) is 21.2. The quantitative estimate of drug-likeness (QED) is 0.656. The summed E-state index contributed by atoms with van der Waals surface area (Å²) in [6.45, 7) is 2.89. The number of alkyl halides is 2. The molecule has 0 unspecified atom stereocenters. The maximum Gasteiger partial charge on any atom is 0.387 e. The van der Waals surface area contributed by atoms with Crippen molar-refractivity contribution in [3.63, 3.8) is 0 Å². The highest BCUT2D eigenvalue weighted by Crippen LogP contribution is 2.30. The zero-order valence-electron chi connectivity index (χ0n) is 16.9. The van der Waals surface area contributed by atoms with Crippen molar-refractivity contribution in [3.8, 4) is 17.4 Å². The predicted molar refractivity (Wildman–Crippen MR) is 105 cm³/mol. The Morgan fingerprint density at radius 3 is 2.43 bits per heavy atom. The Morgan fingerprint density at radius 2 is 1.83 bits per heavy atom. The van der Waals surface area contributed by atoms with Gasteiger partial charge in [-0.25, -0.2) is 9.97 Å². The molecular formula is C20H21F2N5O3. The number of amides is 1. The number of rotatable bonds is 6. The standard InChI is InChI=1S/C20H21F2N5O3/c1-20(2,3)15-11-16(27(26-15)19-23-8-5-9-24-19)25-17(28)12-6-7-13(29-4)14(10-12)30-18(21)22/h5-11,18H,1-4H3,(H,25,28). The van der Waals surface area contributed by atoms with Gasteiger partial charge < -0.3 is 14.8 Å². The zero-order chi connectivity index (χ0) is 21.9. The van der Waals surface area contributed by atoms with Crippen molar-refractivity contribution < 1.29 is 23.0 Å². The molecule has 0 atom stereocenters. The van der Waals surface area contributed by atoms with Crippen LogP contribution in [0.2, 0.25) is 0 Å². The highest BCUT2D eigenvalue weighted by molar-refractivity contribution is 6.04. The third-order valence-electron chi connectivity index (χ3n) is 4.10. The summed E-state index contributed by atoms with van der Waals surface area (Å²) in [7, 11) is 1.32. The van der Waals surface area contributed by atoms with E-state index in [1.54, 1.807) is 24.5 Å². The summed E-state index contributed by atoms with van der Waals surface area (Å²) in [6, 6.07) is 7.39. The maximum absolute atomic E-state index is 12.8. The minimum Gasteiger partial charge on any atom is -0.493 e. The smallest absolute Gasteiger partial charge is 0.387 e. The van der Waals surface area contributed by atoms with Crippen LogP contribution in [-0.2, 0) is 5.41 Å². The minimum absolute atomic E-state index is 0.0876. The third-order valence-corrected chi connectivity index (χ3v) is 4.10. The Hall–Kier alpha value is -3.56. The first-order valence-corrected chi connectivity index (χ1v) is 9.01. The molecule has 3 aromatic rings. The van der Waals surface area contributed by atoms with E-state index in [-0.39, 0.29) is 28.4 Å². The van der Waals surface area contributed by atoms with Gasteiger partial charge in [0.2, 0.25) is 0 Å². The van der Waals surface area contributed by atoms with Gasteiger partial charge in [0.25, 0.3) is 11.9 Å². The van der Waals surface area contributed by atoms with Gasteiger partial charge >= 0.3 is 6.61 Å². The van der Waals surface area contributed by atoms with E-state index in [4.69, 9.17) is 4.74 Å². The molecule has 10 heteroatoms. The fraction of sp³-hybridized carbons (Fsp3) is 0.300. The molecule has 8 nitrogen and oxygen atoms in total. The number of ether oxygens (including phenoxy) is 2. The molecular weight excluding hydrogens is 396 g/mol. The topological polar surface area (TPSA) is 91.2 Å². The monoisotopic (exact) mass is 417 g/mol. The third kappa shape index (κ3) is 4.70. The summed E-state index contributed by atoms with van der Waals surface area (Å²) >= 11 is 0. The number of nitrogens with zero attached hydrogens (tertiary/aromatic N) is 4. The van der Waals surface area contributed by atoms with Gasteiger partial charge in [-0.05, 0) is 24.3 Å². The molecule has 0 bridgehead atoms. The van der Waals surface area contributed by atoms with E-state index in [0.717, 1.165) is 0 Å². The molecule has 2 aromatic heterocycles. The molecule has 0 spiro atoms. The molecule has 1 N–H and O–H groups in total. The number of carbonyl (C=O) groups is 1. The van der Waals surface area contributed by atoms with E-state index in [1.165, 1.54) is 30.0 Å². The lowest BCUT2D eigenvalue weighted by atomic mass is 9.92. The number of halogens is 2. The van der Waals surface area contributed by atoms with E-state index in [2.05, 4.69) is 25.1 Å². The second kappa shape index (κ2) is 8.44. The van der Waals surface area contributed by atoms with Crippen molar-refractivity contribution in [2.45, 2.75) is 32.8 Å². The van der Waals surface area contributed by atoms with E-state index in [1.807, 2.05) is 20.8 Å². The number of aromatic nitrogens is 4. The van der Waals surface area contributed by atoms with Crippen molar-refractivity contribution in [2.24, 2.45) is 0 Å². The van der Waals surface area contributed by atoms with Crippen LogP contribution in [0.25, 0.3) is 5.95 Å². The molecule has 3 rings (SSSR count).